The summed E-state index contributed by atoms with van der Waals surface area (Å²) in [5.74, 6) is -0.155. The molecule has 3 aromatic rings. The molecule has 13 nitrogen and oxygen atoms in total. The lowest BCUT2D eigenvalue weighted by Gasteiger charge is -2.42. The molecule has 0 bridgehead atoms. The molecule has 2 heterocycles. The molecule has 6 rings (SSSR count). The van der Waals surface area contributed by atoms with Crippen molar-refractivity contribution in [2.24, 2.45) is 11.7 Å². The molecule has 0 unspecified atom stereocenters. The molecule has 13 heteroatoms. The lowest BCUT2D eigenvalue weighted by Crippen LogP contribution is -2.63. The van der Waals surface area contributed by atoms with Gasteiger partial charge in [0.2, 0.25) is 11.8 Å². The molecular weight excluding hydrogens is 725 g/mol. The molecule has 0 radical (unpaired) electrons. The van der Waals surface area contributed by atoms with Crippen LogP contribution in [0.15, 0.2) is 78.9 Å². The van der Waals surface area contributed by atoms with E-state index in [0.717, 1.165) is 60.9 Å². The van der Waals surface area contributed by atoms with E-state index in [1.54, 1.807) is 4.90 Å². The van der Waals surface area contributed by atoms with Crippen molar-refractivity contribution in [2.45, 2.75) is 76.4 Å². The van der Waals surface area contributed by atoms with E-state index in [-0.39, 0.29) is 25.0 Å². The molecule has 1 aliphatic carbocycles. The van der Waals surface area contributed by atoms with Crippen molar-refractivity contribution in [1.29, 1.82) is 0 Å². The molecule has 308 valence electrons. The molecule has 2 aliphatic heterocycles. The predicted octanol–water partition coefficient (Wildman–Crippen LogP) is 3.29. The summed E-state index contributed by atoms with van der Waals surface area (Å²) in [6.07, 6.45) is 0.0282. The van der Waals surface area contributed by atoms with Crippen LogP contribution in [0.1, 0.15) is 55.5 Å². The van der Waals surface area contributed by atoms with Gasteiger partial charge >= 0.3 is 6.09 Å². The van der Waals surface area contributed by atoms with Gasteiger partial charge in [-0.3, -0.25) is 19.4 Å². The van der Waals surface area contributed by atoms with Crippen LogP contribution in [0.25, 0.3) is 0 Å². The number of amides is 3. The smallest absolute Gasteiger partial charge is 0.410 e. The normalized spacial score (nSPS) is 21.3. The Morgan fingerprint density at radius 2 is 1.65 bits per heavy atom. The highest BCUT2D eigenvalue weighted by Gasteiger charge is 2.38. The van der Waals surface area contributed by atoms with Crippen LogP contribution in [0.4, 0.5) is 4.79 Å². The summed E-state index contributed by atoms with van der Waals surface area (Å²) in [4.78, 5) is 47.0. The highest BCUT2D eigenvalue weighted by Crippen LogP contribution is 2.32. The van der Waals surface area contributed by atoms with Gasteiger partial charge in [-0.1, -0.05) is 66.7 Å². The van der Waals surface area contributed by atoms with Crippen LogP contribution in [0, 0.1) is 5.92 Å². The standard InChI is InChI=1S/C44H60N6O7/c1-44(2,3)47-42(53)38-29-50(43(54)57-30-32-9-5-4-6-10-32)18-17-49(38)28-35(45)26-34(41(52)46-40-37-12-8-7-11-33(37)27-39(40)51)25-31-13-15-36(16-14-31)56-24-21-48-19-22-55-23-20-48/h4-16,34-35,38-40,51H,17-30,45H2,1-3H3,(H,46,52)(H,47,53)/t34-,35+,38+,39-,40+/m1/s1. The minimum atomic E-state index is -0.729. The van der Waals surface area contributed by atoms with E-state index >= 15 is 0 Å². The first-order valence-electron chi connectivity index (χ1n) is 20.3. The summed E-state index contributed by atoms with van der Waals surface area (Å²) < 4.78 is 17.1. The molecule has 3 aromatic carbocycles. The summed E-state index contributed by atoms with van der Waals surface area (Å²) >= 11 is 0. The Labute approximate surface area is 336 Å². The number of carbonyl (C=O) groups is 3. The van der Waals surface area contributed by atoms with Gasteiger partial charge in [0.15, 0.2) is 0 Å². The molecular formula is C44H60N6O7. The predicted molar refractivity (Wildman–Crippen MR) is 217 cm³/mol. The molecule has 2 saturated heterocycles. The fourth-order valence-electron chi connectivity index (χ4n) is 7.88. The first-order valence-corrected chi connectivity index (χ1v) is 20.3. The Morgan fingerprint density at radius 1 is 0.930 bits per heavy atom. The van der Waals surface area contributed by atoms with Gasteiger partial charge in [-0.05, 0) is 68.0 Å². The average Bonchev–Trinajstić information content (AvgIpc) is 3.51. The number of carbonyl (C=O) groups excluding carboxylic acids is 3. The second-order valence-electron chi connectivity index (χ2n) is 16.5. The molecule has 5 atom stereocenters. The Morgan fingerprint density at radius 3 is 2.39 bits per heavy atom. The maximum atomic E-state index is 14.2. The number of hydrogen-bond acceptors (Lipinski definition) is 10. The third-order valence-corrected chi connectivity index (χ3v) is 10.9. The summed E-state index contributed by atoms with van der Waals surface area (Å²) in [5, 5.41) is 17.2. The molecule has 0 saturated carbocycles. The number of morpholine rings is 1. The van der Waals surface area contributed by atoms with Crippen LogP contribution >= 0.6 is 0 Å². The maximum absolute atomic E-state index is 14.2. The van der Waals surface area contributed by atoms with E-state index in [4.69, 9.17) is 19.9 Å². The van der Waals surface area contributed by atoms with E-state index in [0.29, 0.717) is 45.5 Å². The van der Waals surface area contributed by atoms with Crippen molar-refractivity contribution < 1.29 is 33.7 Å². The van der Waals surface area contributed by atoms with Crippen molar-refractivity contribution in [1.82, 2.24) is 25.3 Å². The monoisotopic (exact) mass is 784 g/mol. The van der Waals surface area contributed by atoms with Crippen LogP contribution in [0.3, 0.4) is 0 Å². The van der Waals surface area contributed by atoms with Gasteiger partial charge in [0.25, 0.3) is 0 Å². The number of ether oxygens (including phenoxy) is 3. The zero-order valence-corrected chi connectivity index (χ0v) is 33.6. The van der Waals surface area contributed by atoms with Crippen LogP contribution in [-0.4, -0.2) is 127 Å². The largest absolute Gasteiger partial charge is 0.492 e. The highest BCUT2D eigenvalue weighted by atomic mass is 16.6. The maximum Gasteiger partial charge on any atom is 0.410 e. The zero-order valence-electron chi connectivity index (χ0n) is 33.6. The number of rotatable bonds is 15. The molecule has 5 N–H and O–H groups in total. The summed E-state index contributed by atoms with van der Waals surface area (Å²) in [6, 6.07) is 23.5. The minimum absolute atomic E-state index is 0.140. The lowest BCUT2D eigenvalue weighted by atomic mass is 9.91. The van der Waals surface area contributed by atoms with Crippen molar-refractivity contribution in [3.8, 4) is 5.75 Å². The number of piperazine rings is 1. The average molecular weight is 785 g/mol. The highest BCUT2D eigenvalue weighted by molar-refractivity contribution is 5.83. The van der Waals surface area contributed by atoms with Crippen LogP contribution < -0.4 is 21.1 Å². The van der Waals surface area contributed by atoms with Gasteiger partial charge in [0.05, 0.1) is 25.4 Å². The third-order valence-electron chi connectivity index (χ3n) is 10.9. The van der Waals surface area contributed by atoms with E-state index in [1.165, 1.54) is 0 Å². The Hall–Kier alpha value is -4.53. The fraction of sp³-hybridized carbons (Fsp3) is 0.523. The zero-order chi connectivity index (χ0) is 40.4. The van der Waals surface area contributed by atoms with Crippen LogP contribution in [0.5, 0.6) is 5.75 Å². The first kappa shape index (κ1) is 42.1. The second kappa shape index (κ2) is 19.8. The number of aliphatic hydroxyl groups excluding tert-OH is 1. The van der Waals surface area contributed by atoms with Gasteiger partial charge in [0.1, 0.15) is 25.0 Å². The number of nitrogens with two attached hydrogens (primary N) is 1. The van der Waals surface area contributed by atoms with Crippen LogP contribution in [0.2, 0.25) is 0 Å². The topological polar surface area (TPSA) is 159 Å². The molecule has 57 heavy (non-hydrogen) atoms. The molecule has 0 spiro atoms. The summed E-state index contributed by atoms with van der Waals surface area (Å²) in [7, 11) is 0. The number of nitrogens with zero attached hydrogens (tertiary/aromatic N) is 3. The van der Waals surface area contributed by atoms with E-state index in [1.807, 2.05) is 105 Å². The molecule has 3 amide bonds. The minimum Gasteiger partial charge on any atom is -0.492 e. The Kier molecular flexibility index (Phi) is 14.6. The van der Waals surface area contributed by atoms with Gasteiger partial charge in [-0.15, -0.1) is 0 Å². The van der Waals surface area contributed by atoms with E-state index < -0.39 is 41.8 Å². The van der Waals surface area contributed by atoms with Crippen molar-refractivity contribution in [2.75, 3.05) is 65.6 Å². The van der Waals surface area contributed by atoms with Crippen LogP contribution in [-0.2, 0) is 38.5 Å². The van der Waals surface area contributed by atoms with Crippen molar-refractivity contribution in [3.63, 3.8) is 0 Å². The Bertz CT molecular complexity index is 1760. The van der Waals surface area contributed by atoms with Gasteiger partial charge in [0, 0.05) is 69.7 Å². The number of aliphatic hydroxyl groups is 1. The van der Waals surface area contributed by atoms with Crippen molar-refractivity contribution in [3.05, 3.63) is 101 Å². The summed E-state index contributed by atoms with van der Waals surface area (Å²) in [6.45, 7) is 11.9. The molecule has 0 aromatic heterocycles. The summed E-state index contributed by atoms with van der Waals surface area (Å²) in [5.41, 5.74) is 10.2. The van der Waals surface area contributed by atoms with E-state index in [9.17, 15) is 19.5 Å². The quantitative estimate of drug-likeness (QED) is 0.180. The molecule has 2 fully saturated rings. The number of fused-ring (bicyclic) bond motifs is 1. The number of benzene rings is 3. The number of nitrogens with one attached hydrogen (secondary N) is 2. The van der Waals surface area contributed by atoms with Gasteiger partial charge in [-0.2, -0.15) is 0 Å². The molecule has 3 aliphatic rings. The van der Waals surface area contributed by atoms with Gasteiger partial charge in [-0.25, -0.2) is 4.79 Å². The number of hydrogen-bond donors (Lipinski definition) is 4. The SMILES string of the molecule is CC(C)(C)NC(=O)[C@@H]1CN(C(=O)OCc2ccccc2)CCN1C[C@@H](N)C[C@@H](Cc1ccc(OCCN2CCOCC2)cc1)C(=O)N[C@H]1c2ccccc2C[C@H]1O. The van der Waals surface area contributed by atoms with Gasteiger partial charge < -0.3 is 40.6 Å². The first-order chi connectivity index (χ1) is 27.4. The van der Waals surface area contributed by atoms with E-state index in [2.05, 4.69) is 15.5 Å². The lowest BCUT2D eigenvalue weighted by molar-refractivity contribution is -0.130. The third kappa shape index (κ3) is 12.2. The fourth-order valence-corrected chi connectivity index (χ4v) is 7.88. The Balaban J connectivity index is 1.12. The van der Waals surface area contributed by atoms with Crippen molar-refractivity contribution >= 4 is 17.9 Å². The second-order valence-corrected chi connectivity index (χ2v) is 16.5.